The van der Waals surface area contributed by atoms with E-state index in [0.717, 1.165) is 11.1 Å². The number of hydrogen-bond acceptors (Lipinski definition) is 4. The monoisotopic (exact) mass is 382 g/mol. The number of benzene rings is 2. The van der Waals surface area contributed by atoms with Crippen molar-refractivity contribution in [3.63, 3.8) is 0 Å². The average molecular weight is 382 g/mol. The number of nitrogens with one attached hydrogen (secondary N) is 1. The largest absolute Gasteiger partial charge is 0.496 e. The Morgan fingerprint density at radius 3 is 2.36 bits per heavy atom. The van der Waals surface area contributed by atoms with E-state index in [9.17, 15) is 9.59 Å². The first-order valence-corrected chi connectivity index (χ1v) is 9.28. The molecular weight excluding hydrogens is 356 g/mol. The lowest BCUT2D eigenvalue weighted by molar-refractivity contribution is 0.0701. The Balaban J connectivity index is 1.84. The van der Waals surface area contributed by atoms with Crippen molar-refractivity contribution in [3.8, 4) is 5.75 Å². The van der Waals surface area contributed by atoms with Gasteiger partial charge in [-0.15, -0.1) is 0 Å². The normalized spacial score (nSPS) is 13.7. The van der Waals surface area contributed by atoms with Crippen molar-refractivity contribution < 1.29 is 19.5 Å². The smallest absolute Gasteiger partial charge is 0.274 e. The number of methoxy groups -OCH3 is 1. The van der Waals surface area contributed by atoms with E-state index in [1.807, 2.05) is 24.3 Å². The topological polar surface area (TPSA) is 78.9 Å². The summed E-state index contributed by atoms with van der Waals surface area (Å²) in [4.78, 5) is 26.5. The Kier molecular flexibility index (Phi) is 5.42. The summed E-state index contributed by atoms with van der Waals surface area (Å²) >= 11 is 0. The molecule has 2 N–H and O–H groups in total. The minimum absolute atomic E-state index is 0.0228. The lowest BCUT2D eigenvalue weighted by Gasteiger charge is -2.30. The molecular formula is C22H26N2O4. The molecule has 28 heavy (non-hydrogen) atoms. The van der Waals surface area contributed by atoms with E-state index in [1.54, 1.807) is 22.5 Å². The van der Waals surface area contributed by atoms with Crippen LogP contribution in [0, 0.1) is 0 Å². The van der Waals surface area contributed by atoms with Crippen LogP contribution in [-0.2, 0) is 18.4 Å². The predicted molar refractivity (Wildman–Crippen MR) is 106 cm³/mol. The van der Waals surface area contributed by atoms with Crippen molar-refractivity contribution in [2.75, 3.05) is 13.7 Å². The van der Waals surface area contributed by atoms with Gasteiger partial charge in [-0.3, -0.25) is 14.8 Å². The molecule has 6 nitrogen and oxygen atoms in total. The first-order chi connectivity index (χ1) is 13.2. The highest BCUT2D eigenvalue weighted by Gasteiger charge is 2.26. The van der Waals surface area contributed by atoms with Gasteiger partial charge in [-0.25, -0.2) is 5.48 Å². The van der Waals surface area contributed by atoms with Gasteiger partial charge in [0.25, 0.3) is 11.8 Å². The van der Waals surface area contributed by atoms with Crippen LogP contribution >= 0.6 is 0 Å². The van der Waals surface area contributed by atoms with Crippen molar-refractivity contribution in [1.82, 2.24) is 10.4 Å². The molecule has 1 aliphatic heterocycles. The minimum atomic E-state index is -0.585. The van der Waals surface area contributed by atoms with E-state index in [4.69, 9.17) is 9.94 Å². The van der Waals surface area contributed by atoms with Gasteiger partial charge >= 0.3 is 0 Å². The van der Waals surface area contributed by atoms with Crippen molar-refractivity contribution >= 4 is 11.8 Å². The zero-order valence-corrected chi connectivity index (χ0v) is 16.7. The molecule has 1 aliphatic rings. The third-order valence-corrected chi connectivity index (χ3v) is 5.17. The molecule has 2 amide bonds. The summed E-state index contributed by atoms with van der Waals surface area (Å²) in [6, 6.07) is 11.1. The number of hydroxylamine groups is 1. The molecule has 6 heteroatoms. The molecule has 0 radical (unpaired) electrons. The van der Waals surface area contributed by atoms with Crippen molar-refractivity contribution in [1.29, 1.82) is 0 Å². The highest BCUT2D eigenvalue weighted by molar-refractivity contribution is 5.95. The third-order valence-electron chi connectivity index (χ3n) is 5.17. The fourth-order valence-corrected chi connectivity index (χ4v) is 3.48. The molecule has 0 aliphatic carbocycles. The molecule has 0 bridgehead atoms. The molecule has 1 heterocycles. The molecule has 0 saturated carbocycles. The average Bonchev–Trinajstić information content (AvgIpc) is 2.70. The maximum atomic E-state index is 13.0. The lowest BCUT2D eigenvalue weighted by atomic mass is 9.86. The third kappa shape index (κ3) is 3.87. The molecule has 0 saturated heterocycles. The van der Waals surface area contributed by atoms with Gasteiger partial charge in [-0.1, -0.05) is 32.9 Å². The number of ether oxygens (including phenoxy) is 1. The van der Waals surface area contributed by atoms with Crippen LogP contribution in [0.2, 0.25) is 0 Å². The van der Waals surface area contributed by atoms with Gasteiger partial charge < -0.3 is 9.64 Å². The van der Waals surface area contributed by atoms with Crippen LogP contribution < -0.4 is 10.2 Å². The Bertz CT molecular complexity index is 881. The molecule has 2 aromatic rings. The molecule has 0 unspecified atom stereocenters. The SMILES string of the molecule is COc1cc(C(=O)NO)cc2c1CN(C(=O)c1ccc(C(C)(C)C)cc1)CC2. The Labute approximate surface area is 165 Å². The van der Waals surface area contributed by atoms with E-state index >= 15 is 0 Å². The van der Waals surface area contributed by atoms with Crippen LogP contribution in [0.4, 0.5) is 0 Å². The van der Waals surface area contributed by atoms with Gasteiger partial charge in [0.05, 0.1) is 7.11 Å². The number of hydrogen-bond donors (Lipinski definition) is 2. The molecule has 3 rings (SSSR count). The molecule has 2 aromatic carbocycles. The zero-order valence-electron chi connectivity index (χ0n) is 16.7. The standard InChI is InChI=1S/C22H26N2O4/c1-22(2,3)17-7-5-14(6-8-17)21(26)24-10-9-15-11-16(20(25)23-27)12-19(28-4)18(15)13-24/h5-8,11-12,27H,9-10,13H2,1-4H3,(H,23,25). The first kappa shape index (κ1) is 19.9. The predicted octanol–water partition coefficient (Wildman–Crippen LogP) is 3.31. The van der Waals surface area contributed by atoms with Crippen LogP contribution in [0.15, 0.2) is 36.4 Å². The summed E-state index contributed by atoms with van der Waals surface area (Å²) in [7, 11) is 1.53. The fourth-order valence-electron chi connectivity index (χ4n) is 3.48. The van der Waals surface area contributed by atoms with E-state index in [-0.39, 0.29) is 11.3 Å². The van der Waals surface area contributed by atoms with Crippen molar-refractivity contribution in [2.45, 2.75) is 39.2 Å². The molecule has 0 spiro atoms. The van der Waals surface area contributed by atoms with Gasteiger partial charge in [-0.2, -0.15) is 0 Å². The lowest BCUT2D eigenvalue weighted by Crippen LogP contribution is -2.36. The summed E-state index contributed by atoms with van der Waals surface area (Å²) in [6.07, 6.45) is 0.615. The summed E-state index contributed by atoms with van der Waals surface area (Å²) in [5.74, 6) is -0.0689. The summed E-state index contributed by atoms with van der Waals surface area (Å²) in [5, 5.41) is 8.87. The van der Waals surface area contributed by atoms with Gasteiger partial charge in [0.1, 0.15) is 5.75 Å². The summed E-state index contributed by atoms with van der Waals surface area (Å²) < 4.78 is 5.44. The highest BCUT2D eigenvalue weighted by Crippen LogP contribution is 2.31. The number of nitrogens with zero attached hydrogens (tertiary/aromatic N) is 1. The molecule has 0 fully saturated rings. The van der Waals surface area contributed by atoms with Crippen molar-refractivity contribution in [2.24, 2.45) is 0 Å². The van der Waals surface area contributed by atoms with E-state index in [2.05, 4.69) is 20.8 Å². The van der Waals surface area contributed by atoms with E-state index in [0.29, 0.717) is 36.4 Å². The molecule has 0 aromatic heterocycles. The number of fused-ring (bicyclic) bond motifs is 1. The second-order valence-corrected chi connectivity index (χ2v) is 8.06. The quantitative estimate of drug-likeness (QED) is 0.631. The second kappa shape index (κ2) is 7.64. The van der Waals surface area contributed by atoms with Crippen LogP contribution in [-0.4, -0.2) is 35.6 Å². The zero-order chi connectivity index (χ0) is 20.5. The number of rotatable bonds is 3. The van der Waals surface area contributed by atoms with E-state index in [1.165, 1.54) is 12.7 Å². The Hall–Kier alpha value is -2.86. The number of carbonyl (C=O) groups is 2. The van der Waals surface area contributed by atoms with Gasteiger partial charge in [0.15, 0.2) is 0 Å². The maximum absolute atomic E-state index is 13.0. The number of carbonyl (C=O) groups excluding carboxylic acids is 2. The van der Waals surface area contributed by atoms with Gasteiger partial charge in [0.2, 0.25) is 0 Å². The summed E-state index contributed by atoms with van der Waals surface area (Å²) in [5.41, 5.74) is 5.70. The maximum Gasteiger partial charge on any atom is 0.274 e. The van der Waals surface area contributed by atoms with Gasteiger partial charge in [0, 0.05) is 29.8 Å². The van der Waals surface area contributed by atoms with E-state index < -0.39 is 5.91 Å². The minimum Gasteiger partial charge on any atom is -0.496 e. The van der Waals surface area contributed by atoms with Gasteiger partial charge in [-0.05, 0) is 47.2 Å². The van der Waals surface area contributed by atoms with Crippen LogP contribution in [0.5, 0.6) is 5.75 Å². The second-order valence-electron chi connectivity index (χ2n) is 8.06. The fraction of sp³-hybridized carbons (Fsp3) is 0.364. The highest BCUT2D eigenvalue weighted by atomic mass is 16.5. The van der Waals surface area contributed by atoms with Crippen LogP contribution in [0.25, 0.3) is 0 Å². The Morgan fingerprint density at radius 2 is 1.79 bits per heavy atom. The molecule has 148 valence electrons. The number of amides is 2. The first-order valence-electron chi connectivity index (χ1n) is 9.28. The molecule has 0 atom stereocenters. The van der Waals surface area contributed by atoms with Crippen molar-refractivity contribution in [3.05, 3.63) is 64.2 Å². The van der Waals surface area contributed by atoms with Crippen LogP contribution in [0.1, 0.15) is 58.2 Å². The Morgan fingerprint density at radius 1 is 1.11 bits per heavy atom. The summed E-state index contributed by atoms with van der Waals surface area (Å²) in [6.45, 7) is 7.40. The van der Waals surface area contributed by atoms with Crippen LogP contribution in [0.3, 0.4) is 0 Å².